The molecule has 3 aromatic heterocycles. The maximum Gasteiger partial charge on any atom is 0.416 e. The zero-order valence-corrected chi connectivity index (χ0v) is 16.6. The van der Waals surface area contributed by atoms with Gasteiger partial charge in [0.15, 0.2) is 20.7 Å². The van der Waals surface area contributed by atoms with Gasteiger partial charge in [-0.05, 0) is 24.3 Å². The van der Waals surface area contributed by atoms with Gasteiger partial charge in [-0.2, -0.15) is 28.2 Å². The molecule has 4 rings (SSSR count). The summed E-state index contributed by atoms with van der Waals surface area (Å²) in [6, 6.07) is 7.23. The minimum absolute atomic E-state index is 0.0684. The van der Waals surface area contributed by atoms with Crippen LogP contribution in [-0.2, 0) is 16.0 Å². The van der Waals surface area contributed by atoms with Gasteiger partial charge in [-0.3, -0.25) is 9.20 Å². The van der Waals surface area contributed by atoms with E-state index in [4.69, 9.17) is 5.26 Å². The molecule has 0 amide bonds. The Balaban J connectivity index is 2.09. The number of nitriles is 1. The number of rotatable bonds is 3. The molecule has 0 saturated carbocycles. The van der Waals surface area contributed by atoms with E-state index in [1.54, 1.807) is 0 Å². The highest BCUT2D eigenvalue weighted by molar-refractivity contribution is 7.91. The highest BCUT2D eigenvalue weighted by atomic mass is 32.2. The second kappa shape index (κ2) is 6.92. The van der Waals surface area contributed by atoms with Crippen LogP contribution in [0.1, 0.15) is 18.1 Å². The Morgan fingerprint density at radius 3 is 2.58 bits per heavy atom. The first-order valence-electron chi connectivity index (χ1n) is 8.81. The molecule has 8 nitrogen and oxygen atoms in total. The zero-order valence-electron chi connectivity index (χ0n) is 15.8. The molecule has 158 valence electrons. The number of hydrogen-bond donors (Lipinski definition) is 0. The van der Waals surface area contributed by atoms with Crippen LogP contribution in [0.5, 0.6) is 0 Å². The van der Waals surface area contributed by atoms with E-state index in [1.807, 2.05) is 6.07 Å². The van der Waals surface area contributed by atoms with Crippen molar-refractivity contribution in [2.75, 3.05) is 5.75 Å². The van der Waals surface area contributed by atoms with Gasteiger partial charge in [0.2, 0.25) is 0 Å². The number of aromatic nitrogens is 4. The van der Waals surface area contributed by atoms with E-state index in [2.05, 4.69) is 10.1 Å². The number of hydrogen-bond acceptors (Lipinski definition) is 6. The molecule has 4 aromatic rings. The van der Waals surface area contributed by atoms with Crippen molar-refractivity contribution in [1.82, 2.24) is 19.2 Å². The molecule has 12 heteroatoms. The third kappa shape index (κ3) is 3.32. The maximum absolute atomic E-state index is 13.1. The lowest BCUT2D eigenvalue weighted by molar-refractivity contribution is -0.137. The molecule has 0 aliphatic carbocycles. The van der Waals surface area contributed by atoms with Crippen LogP contribution in [0.25, 0.3) is 22.2 Å². The summed E-state index contributed by atoms with van der Waals surface area (Å²) in [7, 11) is -3.94. The van der Waals surface area contributed by atoms with Crippen LogP contribution in [0.15, 0.2) is 52.5 Å². The fourth-order valence-electron chi connectivity index (χ4n) is 3.11. The van der Waals surface area contributed by atoms with Crippen LogP contribution in [0, 0.1) is 11.3 Å². The van der Waals surface area contributed by atoms with Gasteiger partial charge in [0.1, 0.15) is 5.65 Å². The average molecular weight is 447 g/mol. The second-order valence-electron chi connectivity index (χ2n) is 6.56. The summed E-state index contributed by atoms with van der Waals surface area (Å²) in [4.78, 5) is 17.2. The summed E-state index contributed by atoms with van der Waals surface area (Å²) >= 11 is 0. The first-order valence-corrected chi connectivity index (χ1v) is 10.5. The van der Waals surface area contributed by atoms with Crippen molar-refractivity contribution in [1.29, 1.82) is 5.26 Å². The van der Waals surface area contributed by atoms with Crippen LogP contribution in [-0.4, -0.2) is 33.3 Å². The fraction of sp³-hybridized carbons (Fsp3) is 0.158. The summed E-state index contributed by atoms with van der Waals surface area (Å²) in [6.07, 6.45) is -2.19. The lowest BCUT2D eigenvalue weighted by atomic mass is 10.1. The van der Waals surface area contributed by atoms with Crippen molar-refractivity contribution in [2.24, 2.45) is 0 Å². The molecule has 0 N–H and O–H groups in total. The van der Waals surface area contributed by atoms with Crippen LogP contribution < -0.4 is 5.56 Å². The van der Waals surface area contributed by atoms with Gasteiger partial charge in [-0.1, -0.05) is 13.0 Å². The predicted molar refractivity (Wildman–Crippen MR) is 104 cm³/mol. The fourth-order valence-corrected chi connectivity index (χ4v) is 4.25. The van der Waals surface area contributed by atoms with Crippen molar-refractivity contribution in [2.45, 2.75) is 18.1 Å². The standard InChI is InChI=1S/C19H12F3N5O3S/c1-2-31(29,30)18-16(25-15-7-11(9-23)5-6-26(15)18)27-17(28)14-8-13(19(20,21)22)4-3-12(14)10-24-27/h3-8,10H,2H2,1H3. The predicted octanol–water partition coefficient (Wildman–Crippen LogP) is 2.72. The van der Waals surface area contributed by atoms with Gasteiger partial charge in [0.05, 0.1) is 34.5 Å². The summed E-state index contributed by atoms with van der Waals surface area (Å²) in [6.45, 7) is 1.40. The van der Waals surface area contributed by atoms with Gasteiger partial charge >= 0.3 is 6.18 Å². The first kappa shape index (κ1) is 20.5. The van der Waals surface area contributed by atoms with Crippen LogP contribution in [0.3, 0.4) is 0 Å². The van der Waals surface area contributed by atoms with Gasteiger partial charge in [-0.25, -0.2) is 13.4 Å². The van der Waals surface area contributed by atoms with Crippen LogP contribution >= 0.6 is 0 Å². The highest BCUT2D eigenvalue weighted by Gasteiger charge is 2.31. The molecular weight excluding hydrogens is 435 g/mol. The minimum Gasteiger partial charge on any atom is -0.289 e. The summed E-state index contributed by atoms with van der Waals surface area (Å²) in [5.41, 5.74) is -1.71. The monoisotopic (exact) mass is 447 g/mol. The number of alkyl halides is 3. The summed E-state index contributed by atoms with van der Waals surface area (Å²) in [5.74, 6) is -0.685. The van der Waals surface area contributed by atoms with Crippen LogP contribution in [0.4, 0.5) is 13.2 Å². The molecule has 0 spiro atoms. The molecule has 0 aliphatic rings. The average Bonchev–Trinajstić information content (AvgIpc) is 3.12. The number of sulfone groups is 1. The number of halogens is 3. The molecule has 0 atom stereocenters. The molecule has 0 radical (unpaired) electrons. The Morgan fingerprint density at radius 2 is 1.94 bits per heavy atom. The Kier molecular flexibility index (Phi) is 4.58. The molecule has 0 bridgehead atoms. The molecular formula is C19H12F3N5O3S. The minimum atomic E-state index is -4.66. The number of imidazole rings is 1. The molecule has 0 saturated heterocycles. The van der Waals surface area contributed by atoms with Crippen LogP contribution in [0.2, 0.25) is 0 Å². The van der Waals surface area contributed by atoms with E-state index < -0.39 is 27.1 Å². The van der Waals surface area contributed by atoms with E-state index in [0.29, 0.717) is 10.7 Å². The van der Waals surface area contributed by atoms with E-state index in [-0.39, 0.29) is 38.6 Å². The maximum atomic E-state index is 13.1. The van der Waals surface area contributed by atoms with E-state index in [1.165, 1.54) is 29.7 Å². The van der Waals surface area contributed by atoms with Gasteiger partial charge in [-0.15, -0.1) is 0 Å². The third-order valence-corrected chi connectivity index (χ3v) is 6.41. The topological polar surface area (TPSA) is 110 Å². The van der Waals surface area contributed by atoms with Crippen molar-refractivity contribution >= 4 is 26.3 Å². The smallest absolute Gasteiger partial charge is 0.289 e. The summed E-state index contributed by atoms with van der Waals surface area (Å²) < 4.78 is 66.7. The van der Waals surface area contributed by atoms with Crippen molar-refractivity contribution in [3.05, 3.63) is 64.2 Å². The Bertz CT molecular complexity index is 1560. The highest BCUT2D eigenvalue weighted by Crippen LogP contribution is 2.31. The Hall–Kier alpha value is -3.72. The van der Waals surface area contributed by atoms with Gasteiger partial charge < -0.3 is 0 Å². The van der Waals surface area contributed by atoms with Gasteiger partial charge in [0.25, 0.3) is 5.56 Å². The number of fused-ring (bicyclic) bond motifs is 2. The lowest BCUT2D eigenvalue weighted by Crippen LogP contribution is -2.24. The molecule has 0 fully saturated rings. The molecule has 3 heterocycles. The molecule has 31 heavy (non-hydrogen) atoms. The Labute approximate surface area is 172 Å². The lowest BCUT2D eigenvalue weighted by Gasteiger charge is -2.09. The number of benzene rings is 1. The molecule has 0 aliphatic heterocycles. The van der Waals surface area contributed by atoms with Gasteiger partial charge in [0, 0.05) is 11.6 Å². The van der Waals surface area contributed by atoms with Crippen molar-refractivity contribution in [3.63, 3.8) is 0 Å². The molecule has 1 aromatic carbocycles. The third-order valence-electron chi connectivity index (χ3n) is 4.69. The SMILES string of the molecule is CCS(=O)(=O)c1c(-n2ncc3ccc(C(F)(F)F)cc3c2=O)nc2cc(C#N)ccn12. The number of pyridine rings is 1. The molecule has 0 unspecified atom stereocenters. The Morgan fingerprint density at radius 1 is 1.19 bits per heavy atom. The summed E-state index contributed by atoms with van der Waals surface area (Å²) in [5, 5.41) is 12.5. The first-order chi connectivity index (χ1) is 14.6. The van der Waals surface area contributed by atoms with E-state index >= 15 is 0 Å². The van der Waals surface area contributed by atoms with E-state index in [9.17, 15) is 26.4 Å². The van der Waals surface area contributed by atoms with Crippen molar-refractivity contribution in [3.8, 4) is 11.9 Å². The van der Waals surface area contributed by atoms with E-state index in [0.717, 1.165) is 18.3 Å². The quantitative estimate of drug-likeness (QED) is 0.478. The van der Waals surface area contributed by atoms with Crippen molar-refractivity contribution < 1.29 is 21.6 Å². The normalized spacial score (nSPS) is 12.4. The largest absolute Gasteiger partial charge is 0.416 e. The second-order valence-corrected chi connectivity index (χ2v) is 8.75. The number of nitrogens with zero attached hydrogens (tertiary/aromatic N) is 5. The zero-order chi connectivity index (χ0) is 22.6.